The minimum absolute atomic E-state index is 0.115. The van der Waals surface area contributed by atoms with E-state index in [2.05, 4.69) is 18.7 Å². The Morgan fingerprint density at radius 3 is 2.14 bits per heavy atom. The van der Waals surface area contributed by atoms with E-state index in [1.807, 2.05) is 72.8 Å². The minimum atomic E-state index is -1.11. The van der Waals surface area contributed by atoms with Gasteiger partial charge in [-0.2, -0.15) is 0 Å². The number of aromatic hydroxyl groups is 1. The summed E-state index contributed by atoms with van der Waals surface area (Å²) in [4.78, 5) is 15.3. The van der Waals surface area contributed by atoms with Crippen LogP contribution in [0, 0.1) is 0 Å². The lowest BCUT2D eigenvalue weighted by atomic mass is 9.69. The van der Waals surface area contributed by atoms with Crippen LogP contribution in [0.25, 0.3) is 0 Å². The number of phenols is 1. The molecule has 0 unspecified atom stereocenters. The summed E-state index contributed by atoms with van der Waals surface area (Å²) in [6.45, 7) is 6.59. The Morgan fingerprint density at radius 1 is 0.943 bits per heavy atom. The number of carbonyl (C=O) groups is 1. The zero-order valence-corrected chi connectivity index (χ0v) is 20.6. The van der Waals surface area contributed by atoms with Crippen LogP contribution < -0.4 is 0 Å². The molecule has 0 bridgehead atoms. The predicted molar refractivity (Wildman–Crippen MR) is 137 cm³/mol. The normalized spacial score (nSPS) is 16.9. The fourth-order valence-electron chi connectivity index (χ4n) is 5.18. The molecule has 184 valence electrons. The maximum absolute atomic E-state index is 12.9. The minimum Gasteiger partial charge on any atom is -0.508 e. The van der Waals surface area contributed by atoms with Crippen LogP contribution in [-0.2, 0) is 21.6 Å². The average molecular weight is 474 g/mol. The van der Waals surface area contributed by atoms with Gasteiger partial charge in [0, 0.05) is 18.6 Å². The van der Waals surface area contributed by atoms with Crippen molar-refractivity contribution in [3.63, 3.8) is 0 Å². The van der Waals surface area contributed by atoms with Gasteiger partial charge in [0.05, 0.1) is 12.7 Å². The van der Waals surface area contributed by atoms with E-state index < -0.39 is 11.4 Å². The maximum atomic E-state index is 12.9. The number of carboxylic acid groups (broad SMARTS) is 1. The average Bonchev–Trinajstić information content (AvgIpc) is 3.35. The van der Waals surface area contributed by atoms with Crippen LogP contribution in [0.2, 0.25) is 0 Å². The van der Waals surface area contributed by atoms with Crippen molar-refractivity contribution in [1.29, 1.82) is 0 Å². The molecule has 5 heteroatoms. The highest BCUT2D eigenvalue weighted by atomic mass is 16.5. The number of ether oxygens (including phenoxy) is 1. The lowest BCUT2D eigenvalue weighted by Crippen LogP contribution is -2.46. The predicted octanol–water partition coefficient (Wildman–Crippen LogP) is 5.61. The summed E-state index contributed by atoms with van der Waals surface area (Å²) in [6.07, 6.45) is 2.27. The Labute approximate surface area is 208 Å². The van der Waals surface area contributed by atoms with Crippen molar-refractivity contribution in [2.75, 3.05) is 13.1 Å². The van der Waals surface area contributed by atoms with Gasteiger partial charge in [0.2, 0.25) is 0 Å². The fourth-order valence-corrected chi connectivity index (χ4v) is 5.18. The second-order valence-electron chi connectivity index (χ2n) is 10.1. The van der Waals surface area contributed by atoms with E-state index in [4.69, 9.17) is 4.74 Å². The quantitative estimate of drug-likeness (QED) is 0.400. The number of carboxylic acids is 1. The molecule has 0 amide bonds. The van der Waals surface area contributed by atoms with E-state index in [1.54, 1.807) is 12.1 Å². The van der Waals surface area contributed by atoms with Gasteiger partial charge in [0.25, 0.3) is 0 Å². The van der Waals surface area contributed by atoms with Crippen molar-refractivity contribution in [2.45, 2.75) is 56.8 Å². The van der Waals surface area contributed by atoms with Crippen molar-refractivity contribution in [3.05, 3.63) is 102 Å². The van der Waals surface area contributed by atoms with Crippen LogP contribution in [0.15, 0.2) is 84.9 Å². The van der Waals surface area contributed by atoms with Crippen LogP contribution in [0.5, 0.6) is 5.75 Å². The second kappa shape index (κ2) is 10.6. The van der Waals surface area contributed by atoms with E-state index >= 15 is 0 Å². The molecule has 0 radical (unpaired) electrons. The summed E-state index contributed by atoms with van der Waals surface area (Å²) in [7, 11) is 0. The van der Waals surface area contributed by atoms with Gasteiger partial charge in [-0.15, -0.1) is 0 Å². The van der Waals surface area contributed by atoms with Crippen LogP contribution in [0.4, 0.5) is 0 Å². The Morgan fingerprint density at radius 2 is 1.57 bits per heavy atom. The Balaban J connectivity index is 1.47. The first-order valence-corrected chi connectivity index (χ1v) is 12.3. The summed E-state index contributed by atoms with van der Waals surface area (Å²) >= 11 is 0. The zero-order valence-electron chi connectivity index (χ0n) is 20.6. The first-order chi connectivity index (χ1) is 16.8. The van der Waals surface area contributed by atoms with Crippen LogP contribution in [0.1, 0.15) is 49.8 Å². The molecule has 3 aromatic carbocycles. The van der Waals surface area contributed by atoms with Gasteiger partial charge in [-0.05, 0) is 61.9 Å². The Kier molecular flexibility index (Phi) is 7.58. The molecule has 35 heavy (non-hydrogen) atoms. The van der Waals surface area contributed by atoms with Gasteiger partial charge in [0.15, 0.2) is 0 Å². The summed E-state index contributed by atoms with van der Waals surface area (Å²) < 4.78 is 6.14. The van der Waals surface area contributed by atoms with Crippen molar-refractivity contribution in [2.24, 2.45) is 0 Å². The number of hydrogen-bond acceptors (Lipinski definition) is 4. The first-order valence-electron chi connectivity index (χ1n) is 12.3. The topological polar surface area (TPSA) is 70.0 Å². The second-order valence-corrected chi connectivity index (χ2v) is 10.1. The number of phenolic OH excluding ortho intramolecular Hbond substituents is 1. The summed E-state index contributed by atoms with van der Waals surface area (Å²) in [5.74, 6) is -0.571. The third kappa shape index (κ3) is 5.58. The molecule has 0 saturated carbocycles. The standard InChI is InChI=1S/C30H35NO4/c1-29(2,31-19-16-27(21-31)35-22-23-10-9-15-26(32)20-23)17-18-30(28(33)34,24-11-5-3-6-12-24)25-13-7-4-8-14-25/h3-15,20,27,32H,16-19,21-22H2,1-2H3,(H,33,34)/t27-/m1/s1. The monoisotopic (exact) mass is 473 g/mol. The van der Waals surface area contributed by atoms with E-state index in [0.717, 1.165) is 42.6 Å². The fraction of sp³-hybridized carbons (Fsp3) is 0.367. The molecule has 2 N–H and O–H groups in total. The van der Waals surface area contributed by atoms with Crippen molar-refractivity contribution < 1.29 is 19.7 Å². The largest absolute Gasteiger partial charge is 0.508 e. The molecule has 0 aliphatic carbocycles. The number of rotatable bonds is 10. The summed E-state index contributed by atoms with van der Waals surface area (Å²) in [6, 6.07) is 26.4. The van der Waals surface area contributed by atoms with Gasteiger partial charge in [0.1, 0.15) is 11.2 Å². The zero-order chi connectivity index (χ0) is 24.9. The van der Waals surface area contributed by atoms with Crippen LogP contribution in [0.3, 0.4) is 0 Å². The number of likely N-dealkylation sites (tertiary alicyclic amines) is 1. The molecular formula is C30H35NO4. The van der Waals surface area contributed by atoms with Gasteiger partial charge < -0.3 is 14.9 Å². The summed E-state index contributed by atoms with van der Waals surface area (Å²) in [5.41, 5.74) is 1.28. The molecule has 1 aliphatic rings. The van der Waals surface area contributed by atoms with Gasteiger partial charge in [-0.25, -0.2) is 0 Å². The highest BCUT2D eigenvalue weighted by Gasteiger charge is 2.44. The molecule has 1 fully saturated rings. The SMILES string of the molecule is CC(C)(CCC(C(=O)O)(c1ccccc1)c1ccccc1)N1CC[C@@H](OCc2cccc(O)c2)C1. The Hall–Kier alpha value is -3.15. The first kappa shape index (κ1) is 25.0. The van der Waals surface area contributed by atoms with E-state index in [9.17, 15) is 15.0 Å². The van der Waals surface area contributed by atoms with Crippen molar-refractivity contribution in [1.82, 2.24) is 4.90 Å². The maximum Gasteiger partial charge on any atom is 0.318 e. The number of nitrogens with zero attached hydrogens (tertiary/aromatic N) is 1. The molecule has 1 heterocycles. The number of hydrogen-bond donors (Lipinski definition) is 2. The summed E-state index contributed by atoms with van der Waals surface area (Å²) in [5, 5.41) is 20.3. The lowest BCUT2D eigenvalue weighted by Gasteiger charge is -2.39. The van der Waals surface area contributed by atoms with Gasteiger partial charge in [-0.3, -0.25) is 9.69 Å². The molecule has 5 nitrogen and oxygen atoms in total. The molecule has 1 atom stereocenters. The highest BCUT2D eigenvalue weighted by Crippen LogP contribution is 2.40. The van der Waals surface area contributed by atoms with Crippen LogP contribution in [-0.4, -0.2) is 45.8 Å². The molecule has 1 saturated heterocycles. The molecule has 4 rings (SSSR count). The third-order valence-corrected chi connectivity index (χ3v) is 7.41. The molecule has 0 spiro atoms. The van der Waals surface area contributed by atoms with Crippen LogP contribution >= 0.6 is 0 Å². The van der Waals surface area contributed by atoms with E-state index in [0.29, 0.717) is 13.0 Å². The molecule has 3 aromatic rings. The van der Waals surface area contributed by atoms with Crippen molar-refractivity contribution >= 4 is 5.97 Å². The van der Waals surface area contributed by atoms with Gasteiger partial charge >= 0.3 is 5.97 Å². The lowest BCUT2D eigenvalue weighted by molar-refractivity contribution is -0.142. The smallest absolute Gasteiger partial charge is 0.318 e. The molecular weight excluding hydrogens is 438 g/mol. The van der Waals surface area contributed by atoms with E-state index in [1.165, 1.54) is 0 Å². The molecule has 1 aliphatic heterocycles. The van der Waals surface area contributed by atoms with E-state index in [-0.39, 0.29) is 17.4 Å². The molecule has 0 aromatic heterocycles. The Bertz CT molecular complexity index is 1070. The van der Waals surface area contributed by atoms with Crippen molar-refractivity contribution in [3.8, 4) is 5.75 Å². The third-order valence-electron chi connectivity index (χ3n) is 7.41. The number of aliphatic carboxylic acids is 1. The van der Waals surface area contributed by atoms with Gasteiger partial charge in [-0.1, -0.05) is 72.8 Å². The number of benzene rings is 3. The highest BCUT2D eigenvalue weighted by molar-refractivity contribution is 5.86.